The number of halogens is 1. The van der Waals surface area contributed by atoms with Gasteiger partial charge in [-0.3, -0.25) is 4.57 Å². The first-order chi connectivity index (χ1) is 12.2. The number of thioether (sulfide) groups is 1. The second kappa shape index (κ2) is 6.54. The summed E-state index contributed by atoms with van der Waals surface area (Å²) in [6.45, 7) is 2.61. The van der Waals surface area contributed by atoms with E-state index < -0.39 is 0 Å². The Hall–Kier alpha value is -2.31. The van der Waals surface area contributed by atoms with E-state index in [1.807, 2.05) is 55.6 Å². The molecule has 0 spiro atoms. The van der Waals surface area contributed by atoms with Crippen molar-refractivity contribution in [1.29, 1.82) is 0 Å². The maximum Gasteiger partial charge on any atom is 0.195 e. The topological polar surface area (TPSA) is 48.5 Å². The monoisotopic (exact) mass is 369 g/mol. The van der Waals surface area contributed by atoms with Crippen LogP contribution in [0.5, 0.6) is 0 Å². The maximum absolute atomic E-state index is 6.03. The fourth-order valence-electron chi connectivity index (χ4n) is 2.92. The highest BCUT2D eigenvalue weighted by atomic mass is 35.5. The lowest BCUT2D eigenvalue weighted by Crippen LogP contribution is -2.09. The van der Waals surface area contributed by atoms with E-state index in [2.05, 4.69) is 30.4 Å². The number of hydrogen-bond acceptors (Lipinski definition) is 4. The summed E-state index contributed by atoms with van der Waals surface area (Å²) in [7, 11) is 0. The molecule has 4 rings (SSSR count). The van der Waals surface area contributed by atoms with Crippen LogP contribution in [0.3, 0.4) is 0 Å². The number of hydrogen-bond donors (Lipinski definition) is 0. The lowest BCUT2D eigenvalue weighted by atomic mass is 10.3. The normalized spacial score (nSPS) is 11.3. The Morgan fingerprint density at radius 3 is 2.56 bits per heavy atom. The Kier molecular flexibility index (Phi) is 4.23. The van der Waals surface area contributed by atoms with Crippen molar-refractivity contribution in [2.24, 2.45) is 0 Å². The van der Waals surface area contributed by atoms with Crippen molar-refractivity contribution in [3.8, 4) is 5.69 Å². The highest BCUT2D eigenvalue weighted by molar-refractivity contribution is 7.98. The molecule has 4 aromatic rings. The predicted molar refractivity (Wildman–Crippen MR) is 102 cm³/mol. The molecule has 25 heavy (non-hydrogen) atoms. The van der Waals surface area contributed by atoms with Crippen LogP contribution in [0.15, 0.2) is 53.7 Å². The van der Waals surface area contributed by atoms with Crippen LogP contribution in [0.4, 0.5) is 0 Å². The first-order valence-electron chi connectivity index (χ1n) is 7.83. The largest absolute Gasteiger partial charge is 0.320 e. The molecule has 0 aliphatic heterocycles. The van der Waals surface area contributed by atoms with Crippen molar-refractivity contribution in [3.63, 3.8) is 0 Å². The molecule has 0 amide bonds. The highest BCUT2D eigenvalue weighted by Gasteiger charge is 2.16. The SMILES string of the molecule is CSc1nnc(Cn2c(C)nc3ccccc32)n1-c1ccc(Cl)cc1. The van der Waals surface area contributed by atoms with Crippen LogP contribution < -0.4 is 0 Å². The third kappa shape index (κ3) is 2.92. The van der Waals surface area contributed by atoms with Gasteiger partial charge >= 0.3 is 0 Å². The van der Waals surface area contributed by atoms with Gasteiger partial charge in [-0.25, -0.2) is 4.98 Å². The van der Waals surface area contributed by atoms with Crippen LogP contribution in [-0.2, 0) is 6.54 Å². The highest BCUT2D eigenvalue weighted by Crippen LogP contribution is 2.24. The zero-order valence-electron chi connectivity index (χ0n) is 13.8. The molecular weight excluding hydrogens is 354 g/mol. The number of benzene rings is 2. The summed E-state index contributed by atoms with van der Waals surface area (Å²) in [5, 5.41) is 10.3. The number of para-hydroxylation sites is 2. The van der Waals surface area contributed by atoms with E-state index in [4.69, 9.17) is 11.6 Å². The Balaban J connectivity index is 1.82. The van der Waals surface area contributed by atoms with Crippen LogP contribution in [-0.4, -0.2) is 30.6 Å². The molecule has 0 aliphatic rings. The summed E-state index contributed by atoms with van der Waals surface area (Å²) < 4.78 is 4.23. The maximum atomic E-state index is 6.03. The quantitative estimate of drug-likeness (QED) is 0.502. The van der Waals surface area contributed by atoms with Crippen LogP contribution in [0.2, 0.25) is 5.02 Å². The third-order valence-corrected chi connectivity index (χ3v) is 4.99. The van der Waals surface area contributed by atoms with Gasteiger partial charge in [-0.05, 0) is 49.6 Å². The van der Waals surface area contributed by atoms with E-state index in [9.17, 15) is 0 Å². The number of imidazole rings is 1. The van der Waals surface area contributed by atoms with E-state index in [0.717, 1.165) is 33.5 Å². The molecule has 2 aromatic heterocycles. The number of aromatic nitrogens is 5. The van der Waals surface area contributed by atoms with Crippen molar-refractivity contribution in [1.82, 2.24) is 24.3 Å². The van der Waals surface area contributed by atoms with Gasteiger partial charge in [0, 0.05) is 10.7 Å². The number of nitrogens with zero attached hydrogens (tertiary/aromatic N) is 5. The van der Waals surface area contributed by atoms with Crippen molar-refractivity contribution >= 4 is 34.4 Å². The van der Waals surface area contributed by atoms with Crippen LogP contribution >= 0.6 is 23.4 Å². The van der Waals surface area contributed by atoms with Crippen LogP contribution in [0.1, 0.15) is 11.6 Å². The predicted octanol–water partition coefficient (Wildman–Crippen LogP) is 4.35. The van der Waals surface area contributed by atoms with Crippen LogP contribution in [0, 0.1) is 6.92 Å². The molecule has 0 N–H and O–H groups in total. The first kappa shape index (κ1) is 16.2. The smallest absolute Gasteiger partial charge is 0.195 e. The van der Waals surface area contributed by atoms with Crippen molar-refractivity contribution < 1.29 is 0 Å². The Labute approximate surface area is 154 Å². The van der Waals surface area contributed by atoms with E-state index in [1.165, 1.54) is 0 Å². The molecule has 0 radical (unpaired) electrons. The minimum absolute atomic E-state index is 0.600. The van der Waals surface area contributed by atoms with Gasteiger partial charge < -0.3 is 4.57 Å². The van der Waals surface area contributed by atoms with Crippen molar-refractivity contribution in [3.05, 3.63) is 65.2 Å². The summed E-state index contributed by atoms with van der Waals surface area (Å²) in [5.41, 5.74) is 3.08. The fraction of sp³-hybridized carbons (Fsp3) is 0.167. The molecule has 7 heteroatoms. The Bertz CT molecular complexity index is 1040. The van der Waals surface area contributed by atoms with Gasteiger partial charge in [-0.2, -0.15) is 0 Å². The average Bonchev–Trinajstić information content (AvgIpc) is 3.17. The number of fused-ring (bicyclic) bond motifs is 1. The average molecular weight is 370 g/mol. The summed E-state index contributed by atoms with van der Waals surface area (Å²) in [4.78, 5) is 4.63. The first-order valence-corrected chi connectivity index (χ1v) is 9.44. The minimum atomic E-state index is 0.600. The fourth-order valence-corrected chi connectivity index (χ4v) is 3.56. The second-order valence-corrected chi connectivity index (χ2v) is 6.86. The molecule has 0 saturated carbocycles. The molecule has 0 fully saturated rings. The molecule has 0 aliphatic carbocycles. The molecular formula is C18H16ClN5S. The number of rotatable bonds is 4. The summed E-state index contributed by atoms with van der Waals surface area (Å²) >= 11 is 7.60. The van der Waals surface area contributed by atoms with Crippen molar-refractivity contribution in [2.75, 3.05) is 6.26 Å². The van der Waals surface area contributed by atoms with Gasteiger partial charge in [-0.15, -0.1) is 10.2 Å². The molecule has 0 atom stereocenters. The zero-order chi connectivity index (χ0) is 17.4. The molecule has 2 heterocycles. The van der Waals surface area contributed by atoms with Gasteiger partial charge in [0.25, 0.3) is 0 Å². The molecule has 0 unspecified atom stereocenters. The van der Waals surface area contributed by atoms with E-state index in [0.29, 0.717) is 11.6 Å². The molecule has 0 saturated heterocycles. The molecule has 2 aromatic carbocycles. The third-order valence-electron chi connectivity index (χ3n) is 4.11. The number of aryl methyl sites for hydroxylation is 1. The zero-order valence-corrected chi connectivity index (χ0v) is 15.4. The van der Waals surface area contributed by atoms with Gasteiger partial charge in [0.1, 0.15) is 5.82 Å². The lowest BCUT2D eigenvalue weighted by molar-refractivity contribution is 0.711. The van der Waals surface area contributed by atoms with Crippen molar-refractivity contribution in [2.45, 2.75) is 18.6 Å². The van der Waals surface area contributed by atoms with E-state index in [1.54, 1.807) is 11.8 Å². The molecule has 0 bridgehead atoms. The van der Waals surface area contributed by atoms with E-state index in [-0.39, 0.29) is 0 Å². The minimum Gasteiger partial charge on any atom is -0.320 e. The van der Waals surface area contributed by atoms with Gasteiger partial charge in [0.2, 0.25) is 0 Å². The van der Waals surface area contributed by atoms with Gasteiger partial charge in [0.15, 0.2) is 11.0 Å². The Morgan fingerprint density at radius 1 is 1.04 bits per heavy atom. The standard InChI is InChI=1S/C18H16ClN5S/c1-12-20-15-5-3-4-6-16(15)23(12)11-17-21-22-18(25-2)24(17)14-9-7-13(19)8-10-14/h3-10H,11H2,1-2H3. The summed E-state index contributed by atoms with van der Waals surface area (Å²) in [6.07, 6.45) is 2.00. The summed E-state index contributed by atoms with van der Waals surface area (Å²) in [5.74, 6) is 1.82. The Morgan fingerprint density at radius 2 is 1.80 bits per heavy atom. The second-order valence-electron chi connectivity index (χ2n) is 5.65. The lowest BCUT2D eigenvalue weighted by Gasteiger charge is -2.11. The van der Waals surface area contributed by atoms with E-state index >= 15 is 0 Å². The van der Waals surface area contributed by atoms with Gasteiger partial charge in [-0.1, -0.05) is 35.5 Å². The summed E-state index contributed by atoms with van der Waals surface area (Å²) in [6, 6.07) is 15.8. The van der Waals surface area contributed by atoms with Crippen LogP contribution in [0.25, 0.3) is 16.7 Å². The molecule has 5 nitrogen and oxygen atoms in total. The molecule has 126 valence electrons. The van der Waals surface area contributed by atoms with Gasteiger partial charge in [0.05, 0.1) is 17.6 Å².